The Kier molecular flexibility index (Phi) is 5.19. The molecule has 0 aromatic rings. The summed E-state index contributed by atoms with van der Waals surface area (Å²) in [7, 11) is 0. The SMILES string of the molecule is CC(C)COC1CC(NCCCF)C1(C)C. The third kappa shape index (κ3) is 3.42. The summed E-state index contributed by atoms with van der Waals surface area (Å²) in [5.41, 5.74) is 0.186. The van der Waals surface area contributed by atoms with Gasteiger partial charge < -0.3 is 10.1 Å². The highest BCUT2D eigenvalue weighted by Crippen LogP contribution is 2.42. The molecular weight excluding hydrogens is 205 g/mol. The molecule has 0 bridgehead atoms. The van der Waals surface area contributed by atoms with Gasteiger partial charge in [-0.2, -0.15) is 0 Å². The van der Waals surface area contributed by atoms with E-state index in [2.05, 4.69) is 33.0 Å². The van der Waals surface area contributed by atoms with Gasteiger partial charge in [0.2, 0.25) is 0 Å². The maximum absolute atomic E-state index is 12.0. The second-order valence-electron chi connectivity index (χ2n) is 5.82. The lowest BCUT2D eigenvalue weighted by atomic mass is 9.64. The Balaban J connectivity index is 2.24. The molecular formula is C13H26FNO. The molecule has 0 amide bonds. The van der Waals surface area contributed by atoms with Crippen LogP contribution in [0.15, 0.2) is 0 Å². The summed E-state index contributed by atoms with van der Waals surface area (Å²) in [5, 5.41) is 3.41. The zero-order chi connectivity index (χ0) is 12.2. The van der Waals surface area contributed by atoms with Crippen molar-refractivity contribution in [1.29, 1.82) is 0 Å². The van der Waals surface area contributed by atoms with Crippen molar-refractivity contribution in [2.45, 2.75) is 52.7 Å². The van der Waals surface area contributed by atoms with Crippen LogP contribution < -0.4 is 5.32 Å². The predicted molar refractivity (Wildman–Crippen MR) is 65.4 cm³/mol. The molecule has 16 heavy (non-hydrogen) atoms. The molecule has 0 aromatic heterocycles. The Bertz CT molecular complexity index is 206. The van der Waals surface area contributed by atoms with Crippen LogP contribution in [0, 0.1) is 11.3 Å². The van der Waals surface area contributed by atoms with E-state index in [0.717, 1.165) is 19.6 Å². The second-order valence-corrected chi connectivity index (χ2v) is 5.82. The van der Waals surface area contributed by atoms with E-state index in [9.17, 15) is 4.39 Å². The Morgan fingerprint density at radius 1 is 1.44 bits per heavy atom. The van der Waals surface area contributed by atoms with Crippen LogP contribution >= 0.6 is 0 Å². The van der Waals surface area contributed by atoms with Crippen LogP contribution in [0.25, 0.3) is 0 Å². The second kappa shape index (κ2) is 5.97. The number of ether oxygens (including phenoxy) is 1. The van der Waals surface area contributed by atoms with Gasteiger partial charge in [0, 0.05) is 18.1 Å². The first-order chi connectivity index (χ1) is 7.48. The molecule has 2 unspecified atom stereocenters. The van der Waals surface area contributed by atoms with Crippen LogP contribution in [-0.4, -0.2) is 32.0 Å². The molecule has 2 nitrogen and oxygen atoms in total. The molecule has 96 valence electrons. The summed E-state index contributed by atoms with van der Waals surface area (Å²) in [4.78, 5) is 0. The minimum Gasteiger partial charge on any atom is -0.377 e. The molecule has 0 radical (unpaired) electrons. The highest BCUT2D eigenvalue weighted by Gasteiger charge is 2.48. The number of hydrogen-bond donors (Lipinski definition) is 1. The molecule has 0 heterocycles. The van der Waals surface area contributed by atoms with Crippen molar-refractivity contribution in [3.63, 3.8) is 0 Å². The zero-order valence-electron chi connectivity index (χ0n) is 11.1. The van der Waals surface area contributed by atoms with Gasteiger partial charge in [-0.1, -0.05) is 27.7 Å². The third-order valence-corrected chi connectivity index (χ3v) is 3.51. The molecule has 0 aliphatic heterocycles. The van der Waals surface area contributed by atoms with Gasteiger partial charge in [0.25, 0.3) is 0 Å². The topological polar surface area (TPSA) is 21.3 Å². The lowest BCUT2D eigenvalue weighted by molar-refractivity contribution is -0.123. The fourth-order valence-corrected chi connectivity index (χ4v) is 2.17. The average molecular weight is 231 g/mol. The number of alkyl halides is 1. The molecule has 1 fully saturated rings. The van der Waals surface area contributed by atoms with E-state index in [1.165, 1.54) is 0 Å². The summed E-state index contributed by atoms with van der Waals surface area (Å²) in [6.07, 6.45) is 2.04. The Morgan fingerprint density at radius 3 is 2.62 bits per heavy atom. The number of rotatable bonds is 7. The monoisotopic (exact) mass is 231 g/mol. The van der Waals surface area contributed by atoms with Gasteiger partial charge in [0.1, 0.15) is 0 Å². The Labute approximate surface area is 98.9 Å². The predicted octanol–water partition coefficient (Wildman–Crippen LogP) is 2.78. The van der Waals surface area contributed by atoms with Gasteiger partial charge in [-0.25, -0.2) is 0 Å². The van der Waals surface area contributed by atoms with Crippen LogP contribution in [0.3, 0.4) is 0 Å². The smallest absolute Gasteiger partial charge is 0.0906 e. The van der Waals surface area contributed by atoms with Crippen molar-refractivity contribution in [2.24, 2.45) is 11.3 Å². The van der Waals surface area contributed by atoms with Crippen molar-refractivity contribution >= 4 is 0 Å². The number of hydrogen-bond acceptors (Lipinski definition) is 2. The molecule has 1 aliphatic rings. The van der Waals surface area contributed by atoms with E-state index in [4.69, 9.17) is 4.74 Å². The quantitative estimate of drug-likeness (QED) is 0.680. The molecule has 1 aliphatic carbocycles. The van der Waals surface area contributed by atoms with E-state index >= 15 is 0 Å². The van der Waals surface area contributed by atoms with E-state index in [1.807, 2.05) is 0 Å². The van der Waals surface area contributed by atoms with Crippen LogP contribution in [0.4, 0.5) is 4.39 Å². The zero-order valence-corrected chi connectivity index (χ0v) is 11.1. The van der Waals surface area contributed by atoms with Crippen molar-refractivity contribution in [3.05, 3.63) is 0 Å². The highest BCUT2D eigenvalue weighted by molar-refractivity contribution is 5.02. The van der Waals surface area contributed by atoms with Gasteiger partial charge >= 0.3 is 0 Å². The van der Waals surface area contributed by atoms with Crippen molar-refractivity contribution < 1.29 is 9.13 Å². The van der Waals surface area contributed by atoms with Gasteiger partial charge in [-0.3, -0.25) is 4.39 Å². The van der Waals surface area contributed by atoms with E-state index in [-0.39, 0.29) is 12.1 Å². The Morgan fingerprint density at radius 2 is 2.12 bits per heavy atom. The highest BCUT2D eigenvalue weighted by atomic mass is 19.1. The number of halogens is 1. The molecule has 0 aromatic carbocycles. The van der Waals surface area contributed by atoms with Crippen molar-refractivity contribution in [1.82, 2.24) is 5.32 Å². The third-order valence-electron chi connectivity index (χ3n) is 3.51. The fourth-order valence-electron chi connectivity index (χ4n) is 2.17. The van der Waals surface area contributed by atoms with Crippen LogP contribution in [0.1, 0.15) is 40.5 Å². The van der Waals surface area contributed by atoms with Gasteiger partial charge in [-0.05, 0) is 25.3 Å². The summed E-state index contributed by atoms with van der Waals surface area (Å²) in [5.74, 6) is 0.592. The maximum Gasteiger partial charge on any atom is 0.0906 e. The fraction of sp³-hybridized carbons (Fsp3) is 1.00. The molecule has 1 saturated carbocycles. The van der Waals surface area contributed by atoms with E-state index in [1.54, 1.807) is 0 Å². The standard InChI is InChI=1S/C13H26FNO/c1-10(2)9-16-12-8-11(13(12,3)4)15-7-5-6-14/h10-12,15H,5-9H2,1-4H3. The van der Waals surface area contributed by atoms with E-state index < -0.39 is 0 Å². The van der Waals surface area contributed by atoms with Crippen LogP contribution in [-0.2, 0) is 4.74 Å². The summed E-state index contributed by atoms with van der Waals surface area (Å²) >= 11 is 0. The summed E-state index contributed by atoms with van der Waals surface area (Å²) in [6, 6.07) is 0.483. The first-order valence-electron chi connectivity index (χ1n) is 6.39. The first kappa shape index (κ1) is 13.9. The lowest BCUT2D eigenvalue weighted by Crippen LogP contribution is -2.61. The average Bonchev–Trinajstić information content (AvgIpc) is 2.20. The number of nitrogens with one attached hydrogen (secondary N) is 1. The maximum atomic E-state index is 12.0. The van der Waals surface area contributed by atoms with Gasteiger partial charge in [0.15, 0.2) is 0 Å². The van der Waals surface area contributed by atoms with Crippen molar-refractivity contribution in [3.8, 4) is 0 Å². The largest absolute Gasteiger partial charge is 0.377 e. The van der Waals surface area contributed by atoms with Gasteiger partial charge in [0.05, 0.1) is 12.8 Å². The molecule has 0 saturated heterocycles. The van der Waals surface area contributed by atoms with Crippen LogP contribution in [0.5, 0.6) is 0 Å². The van der Waals surface area contributed by atoms with Crippen molar-refractivity contribution in [2.75, 3.05) is 19.8 Å². The summed E-state index contributed by atoms with van der Waals surface area (Å²) in [6.45, 7) is 10.2. The minimum absolute atomic E-state index is 0.186. The first-order valence-corrected chi connectivity index (χ1v) is 6.39. The Hall–Kier alpha value is -0.150. The molecule has 3 heteroatoms. The molecule has 1 rings (SSSR count). The molecule has 1 N–H and O–H groups in total. The van der Waals surface area contributed by atoms with Gasteiger partial charge in [-0.15, -0.1) is 0 Å². The lowest BCUT2D eigenvalue weighted by Gasteiger charge is -2.52. The summed E-state index contributed by atoms with van der Waals surface area (Å²) < 4.78 is 17.9. The minimum atomic E-state index is -0.229. The van der Waals surface area contributed by atoms with Crippen LogP contribution in [0.2, 0.25) is 0 Å². The molecule has 2 atom stereocenters. The van der Waals surface area contributed by atoms with E-state index in [0.29, 0.717) is 24.5 Å². The normalized spacial score (nSPS) is 28.1. The molecule has 0 spiro atoms.